The van der Waals surface area contributed by atoms with E-state index < -0.39 is 5.72 Å². The van der Waals surface area contributed by atoms with Gasteiger partial charge in [0.05, 0.1) is 5.25 Å². The Morgan fingerprint density at radius 1 is 1.08 bits per heavy atom. The predicted molar refractivity (Wildman–Crippen MR) is 100 cm³/mol. The van der Waals surface area contributed by atoms with Crippen LogP contribution in [0.1, 0.15) is 24.0 Å². The Bertz CT molecular complexity index is 719. The van der Waals surface area contributed by atoms with Crippen molar-refractivity contribution in [2.24, 2.45) is 4.99 Å². The molecule has 2 aromatic carbocycles. The van der Waals surface area contributed by atoms with E-state index in [1.54, 1.807) is 11.8 Å². The van der Waals surface area contributed by atoms with Crippen molar-refractivity contribution in [3.05, 3.63) is 71.8 Å². The molecular weight excluding hydrogens is 316 g/mol. The number of rotatable bonds is 4. The molecule has 24 heavy (non-hydrogen) atoms. The lowest BCUT2D eigenvalue weighted by Gasteiger charge is -2.39. The predicted octanol–water partition coefficient (Wildman–Crippen LogP) is 3.64. The summed E-state index contributed by atoms with van der Waals surface area (Å²) < 4.78 is 0. The van der Waals surface area contributed by atoms with E-state index >= 15 is 0 Å². The van der Waals surface area contributed by atoms with Crippen molar-refractivity contribution in [2.75, 3.05) is 13.1 Å². The third-order valence-corrected chi connectivity index (χ3v) is 6.27. The van der Waals surface area contributed by atoms with Gasteiger partial charge < -0.3 is 10.0 Å². The number of aliphatic hydroxyl groups is 1. The van der Waals surface area contributed by atoms with Crippen molar-refractivity contribution < 1.29 is 5.11 Å². The van der Waals surface area contributed by atoms with Gasteiger partial charge in [0.1, 0.15) is 0 Å². The Balaban J connectivity index is 1.64. The third kappa shape index (κ3) is 2.74. The zero-order valence-electron chi connectivity index (χ0n) is 13.6. The molecule has 2 aliphatic heterocycles. The maximum atomic E-state index is 11.7. The van der Waals surface area contributed by atoms with Crippen LogP contribution in [0.25, 0.3) is 0 Å². The van der Waals surface area contributed by atoms with Gasteiger partial charge in [0.15, 0.2) is 10.9 Å². The van der Waals surface area contributed by atoms with Gasteiger partial charge >= 0.3 is 0 Å². The van der Waals surface area contributed by atoms with Crippen LogP contribution in [0, 0.1) is 0 Å². The second-order valence-corrected chi connectivity index (χ2v) is 7.56. The van der Waals surface area contributed by atoms with Crippen molar-refractivity contribution in [1.29, 1.82) is 0 Å². The highest BCUT2D eigenvalue weighted by Gasteiger charge is 2.52. The fourth-order valence-corrected chi connectivity index (χ4v) is 5.05. The fraction of sp³-hybridized carbons (Fsp3) is 0.350. The Labute approximate surface area is 147 Å². The molecule has 124 valence electrons. The van der Waals surface area contributed by atoms with E-state index in [1.165, 1.54) is 5.56 Å². The number of aliphatic imine (C=N–C) groups is 1. The molecule has 2 unspecified atom stereocenters. The van der Waals surface area contributed by atoms with Crippen LogP contribution in [0.5, 0.6) is 0 Å². The summed E-state index contributed by atoms with van der Waals surface area (Å²) in [6, 6.07) is 20.6. The second kappa shape index (κ2) is 6.61. The van der Waals surface area contributed by atoms with Crippen molar-refractivity contribution in [2.45, 2.75) is 30.2 Å². The first-order valence-corrected chi connectivity index (χ1v) is 9.47. The van der Waals surface area contributed by atoms with Crippen LogP contribution in [-0.4, -0.2) is 33.5 Å². The van der Waals surface area contributed by atoms with Crippen LogP contribution in [0.4, 0.5) is 0 Å². The summed E-state index contributed by atoms with van der Waals surface area (Å²) in [4.78, 5) is 6.78. The zero-order chi connectivity index (χ0) is 16.4. The molecule has 1 saturated heterocycles. The summed E-state index contributed by atoms with van der Waals surface area (Å²) in [5, 5.41) is 12.8. The number of amidine groups is 1. The molecule has 0 bridgehead atoms. The maximum absolute atomic E-state index is 11.7. The molecule has 0 amide bonds. The van der Waals surface area contributed by atoms with Gasteiger partial charge in [-0.15, -0.1) is 0 Å². The Morgan fingerprint density at radius 3 is 2.54 bits per heavy atom. The Kier molecular flexibility index (Phi) is 4.33. The van der Waals surface area contributed by atoms with Gasteiger partial charge in [-0.3, -0.25) is 4.99 Å². The molecule has 2 aliphatic rings. The molecule has 2 aromatic rings. The highest BCUT2D eigenvalue weighted by Crippen LogP contribution is 2.47. The summed E-state index contributed by atoms with van der Waals surface area (Å²) in [7, 11) is 0. The summed E-state index contributed by atoms with van der Waals surface area (Å²) >= 11 is 1.74. The Hall–Kier alpha value is -1.78. The molecule has 0 radical (unpaired) electrons. The zero-order valence-corrected chi connectivity index (χ0v) is 14.5. The van der Waals surface area contributed by atoms with Crippen molar-refractivity contribution >= 4 is 16.9 Å². The first-order valence-electron chi connectivity index (χ1n) is 8.59. The van der Waals surface area contributed by atoms with Crippen LogP contribution in [0.15, 0.2) is 65.7 Å². The molecule has 1 N–H and O–H groups in total. The van der Waals surface area contributed by atoms with E-state index in [0.717, 1.165) is 43.1 Å². The van der Waals surface area contributed by atoms with Crippen molar-refractivity contribution in [1.82, 2.24) is 4.90 Å². The average molecular weight is 338 g/mol. The molecule has 4 rings (SSSR count). The molecule has 2 heterocycles. The molecule has 4 heteroatoms. The van der Waals surface area contributed by atoms with Gasteiger partial charge in [-0.1, -0.05) is 72.4 Å². The van der Waals surface area contributed by atoms with E-state index in [0.29, 0.717) is 0 Å². The lowest BCUT2D eigenvalue weighted by Crippen LogP contribution is -2.50. The van der Waals surface area contributed by atoms with Crippen LogP contribution in [-0.2, 0) is 12.1 Å². The van der Waals surface area contributed by atoms with E-state index in [4.69, 9.17) is 0 Å². The lowest BCUT2D eigenvalue weighted by atomic mass is 9.93. The van der Waals surface area contributed by atoms with Crippen molar-refractivity contribution in [3.8, 4) is 0 Å². The van der Waals surface area contributed by atoms with Gasteiger partial charge in [-0.25, -0.2) is 0 Å². The van der Waals surface area contributed by atoms with Gasteiger partial charge in [0, 0.05) is 18.7 Å². The van der Waals surface area contributed by atoms with E-state index in [-0.39, 0.29) is 5.25 Å². The molecule has 0 spiro atoms. The molecule has 2 atom stereocenters. The number of aryl methyl sites for hydroxylation is 1. The van der Waals surface area contributed by atoms with E-state index in [9.17, 15) is 5.11 Å². The number of hydrogen-bond donors (Lipinski definition) is 1. The molecular formula is C20H22N2OS. The number of thioether (sulfide) groups is 1. The minimum absolute atomic E-state index is 0.0944. The number of nitrogens with zero attached hydrogens (tertiary/aromatic N) is 2. The van der Waals surface area contributed by atoms with Crippen molar-refractivity contribution in [3.63, 3.8) is 0 Å². The highest BCUT2D eigenvalue weighted by atomic mass is 32.2. The van der Waals surface area contributed by atoms with E-state index in [2.05, 4.69) is 34.2 Å². The molecule has 0 aromatic heterocycles. The van der Waals surface area contributed by atoms with Crippen LogP contribution in [0.3, 0.4) is 0 Å². The summed E-state index contributed by atoms with van der Waals surface area (Å²) in [5.41, 5.74) is 1.34. The monoisotopic (exact) mass is 338 g/mol. The maximum Gasteiger partial charge on any atom is 0.178 e. The third-order valence-electron chi connectivity index (χ3n) is 4.86. The number of fused-ring (bicyclic) bond motifs is 1. The minimum Gasteiger partial charge on any atom is -0.366 e. The summed E-state index contributed by atoms with van der Waals surface area (Å²) in [5.74, 6) is 0. The smallest absolute Gasteiger partial charge is 0.178 e. The molecule has 1 fully saturated rings. The standard InChI is InChI=1S/C20H22N2OS/c23-20(17-10-5-2-6-11-17)18(13-12-16-8-3-1-4-9-16)24-19-21-14-7-15-22(19)20/h1-6,8-11,18,23H,7,12-15H2. The van der Waals surface area contributed by atoms with Gasteiger partial charge in [-0.2, -0.15) is 0 Å². The first-order chi connectivity index (χ1) is 11.8. The number of benzene rings is 2. The van der Waals surface area contributed by atoms with Gasteiger partial charge in [0.25, 0.3) is 0 Å². The summed E-state index contributed by atoms with van der Waals surface area (Å²) in [6.07, 6.45) is 2.90. The molecule has 3 nitrogen and oxygen atoms in total. The topological polar surface area (TPSA) is 35.8 Å². The van der Waals surface area contributed by atoms with Gasteiger partial charge in [0.2, 0.25) is 0 Å². The Morgan fingerprint density at radius 2 is 1.79 bits per heavy atom. The van der Waals surface area contributed by atoms with Gasteiger partial charge in [-0.05, 0) is 24.8 Å². The number of hydrogen-bond acceptors (Lipinski definition) is 4. The molecule has 0 aliphatic carbocycles. The van der Waals surface area contributed by atoms with Crippen LogP contribution >= 0.6 is 11.8 Å². The normalized spacial score (nSPS) is 26.1. The minimum atomic E-state index is -0.958. The second-order valence-electron chi connectivity index (χ2n) is 6.39. The quantitative estimate of drug-likeness (QED) is 0.924. The first kappa shape index (κ1) is 15.7. The van der Waals surface area contributed by atoms with E-state index in [1.807, 2.05) is 36.4 Å². The van der Waals surface area contributed by atoms with Crippen LogP contribution < -0.4 is 0 Å². The van der Waals surface area contributed by atoms with Crippen LogP contribution in [0.2, 0.25) is 0 Å². The summed E-state index contributed by atoms with van der Waals surface area (Å²) in [6.45, 7) is 1.74. The average Bonchev–Trinajstić information content (AvgIpc) is 2.95. The molecule has 0 saturated carbocycles. The lowest BCUT2D eigenvalue weighted by molar-refractivity contribution is -0.0735. The SMILES string of the molecule is OC1(c2ccccc2)C(CCc2ccccc2)SC2=NCCCN21. The largest absolute Gasteiger partial charge is 0.366 e. The fourth-order valence-electron chi connectivity index (χ4n) is 3.61. The highest BCUT2D eigenvalue weighted by molar-refractivity contribution is 8.14.